The Kier molecular flexibility index (Phi) is 5.92. The van der Waals surface area contributed by atoms with Crippen molar-refractivity contribution < 1.29 is 13.1 Å². The molecule has 0 aromatic carbocycles. The molecule has 4 rings (SSSR count). The second-order valence-electron chi connectivity index (χ2n) is 6.72. The Morgan fingerprint density at radius 1 is 1.13 bits per heavy atom. The van der Waals surface area contributed by atoms with E-state index in [1.54, 1.807) is 53.8 Å². The van der Waals surface area contributed by atoms with E-state index in [2.05, 4.69) is 15.0 Å². The van der Waals surface area contributed by atoms with E-state index in [0.717, 1.165) is 18.0 Å². The smallest absolute Gasteiger partial charge is 0.276 e. The predicted molar refractivity (Wildman–Crippen MR) is 118 cm³/mol. The fourth-order valence-corrected chi connectivity index (χ4v) is 3.39. The van der Waals surface area contributed by atoms with E-state index in [-0.39, 0.29) is 5.56 Å². The zero-order valence-electron chi connectivity index (χ0n) is 17.5. The molecule has 0 bridgehead atoms. The summed E-state index contributed by atoms with van der Waals surface area (Å²) in [6.45, 7) is 4.20. The van der Waals surface area contributed by atoms with Gasteiger partial charge in [-0.2, -0.15) is 0 Å². The van der Waals surface area contributed by atoms with Gasteiger partial charge in [0.05, 0.1) is 18.3 Å². The summed E-state index contributed by atoms with van der Waals surface area (Å²) in [6.07, 6.45) is 3.20. The van der Waals surface area contributed by atoms with E-state index in [1.807, 2.05) is 26.0 Å². The van der Waals surface area contributed by atoms with Crippen molar-refractivity contribution in [3.05, 3.63) is 58.8 Å². The second kappa shape index (κ2) is 8.78. The minimum atomic E-state index is -0.127. The fourth-order valence-electron chi connectivity index (χ4n) is 3.05. The van der Waals surface area contributed by atoms with Crippen LogP contribution in [0.4, 0.5) is 0 Å². The van der Waals surface area contributed by atoms with Crippen molar-refractivity contribution >= 4 is 23.4 Å². The molecule has 0 unspecified atom stereocenters. The average molecular weight is 439 g/mol. The van der Waals surface area contributed by atoms with Crippen LogP contribution >= 0.6 is 12.3 Å². The first-order valence-corrected chi connectivity index (χ1v) is 10.2. The zero-order chi connectivity index (χ0) is 22.0. The topological polar surface area (TPSA) is 93.3 Å². The molecule has 4 aromatic heterocycles. The molecule has 0 saturated heterocycles. The van der Waals surface area contributed by atoms with E-state index >= 15 is 0 Å². The third-order valence-corrected chi connectivity index (χ3v) is 5.27. The second-order valence-corrected chi connectivity index (χ2v) is 7.26. The third-order valence-electron chi connectivity index (χ3n) is 4.69. The molecular formula is C21H21N5O4S. The number of rotatable bonds is 7. The maximum atomic E-state index is 12.8. The highest BCUT2D eigenvalue weighted by atomic mass is 32.2. The molecule has 4 aromatic rings. The molecule has 0 spiro atoms. The zero-order valence-corrected chi connectivity index (χ0v) is 18.3. The van der Waals surface area contributed by atoms with Crippen molar-refractivity contribution in [1.82, 2.24) is 24.1 Å². The lowest BCUT2D eigenvalue weighted by atomic mass is 10.3. The quantitative estimate of drug-likeness (QED) is 0.317. The van der Waals surface area contributed by atoms with Gasteiger partial charge in [0.2, 0.25) is 18.2 Å². The Morgan fingerprint density at radius 3 is 2.71 bits per heavy atom. The van der Waals surface area contributed by atoms with Gasteiger partial charge in [-0.25, -0.2) is 15.0 Å². The molecule has 0 atom stereocenters. The van der Waals surface area contributed by atoms with Gasteiger partial charge in [0.25, 0.3) is 5.56 Å². The number of hydrogen-bond donors (Lipinski definition) is 0. The number of nitrogens with zero attached hydrogens (tertiary/aromatic N) is 5. The molecule has 0 N–H and O–H groups in total. The van der Waals surface area contributed by atoms with E-state index in [0.29, 0.717) is 46.5 Å². The summed E-state index contributed by atoms with van der Waals surface area (Å²) in [4.78, 5) is 26.1. The van der Waals surface area contributed by atoms with Crippen LogP contribution in [0, 0.1) is 6.92 Å². The van der Waals surface area contributed by atoms with Crippen LogP contribution in [-0.2, 0) is 18.3 Å². The van der Waals surface area contributed by atoms with Crippen LogP contribution in [0.25, 0.3) is 22.6 Å². The Morgan fingerprint density at radius 2 is 1.97 bits per heavy atom. The highest BCUT2D eigenvalue weighted by molar-refractivity contribution is 7.90. The number of fused-ring (bicyclic) bond motifs is 1. The molecule has 9 nitrogen and oxygen atoms in total. The Hall–Kier alpha value is -3.37. The van der Waals surface area contributed by atoms with Gasteiger partial charge in [-0.15, -0.1) is 0 Å². The average Bonchev–Trinajstić information content (AvgIpc) is 3.09. The van der Waals surface area contributed by atoms with Crippen molar-refractivity contribution in [2.75, 3.05) is 6.61 Å². The van der Waals surface area contributed by atoms with Gasteiger partial charge in [-0.1, -0.05) is 6.07 Å². The van der Waals surface area contributed by atoms with Gasteiger partial charge in [0, 0.05) is 38.1 Å². The highest BCUT2D eigenvalue weighted by Gasteiger charge is 2.20. The van der Waals surface area contributed by atoms with Crippen LogP contribution in [0.3, 0.4) is 0 Å². The molecular weight excluding hydrogens is 418 g/mol. The maximum Gasteiger partial charge on any atom is 0.276 e. The third kappa shape index (κ3) is 4.12. The first-order valence-electron chi connectivity index (χ1n) is 9.58. The standard InChI is InChI=1S/C21H21N5O4S/c1-5-28-31-30-16-11-14(29-17-8-6-7-9-22-17)12-23-18(16)20-24-15-10-13(2)25(3)21(27)19(15)26(20)4/h6-12H,5H2,1-4H3. The van der Waals surface area contributed by atoms with Crippen LogP contribution in [0.5, 0.6) is 17.4 Å². The molecule has 160 valence electrons. The molecule has 4 heterocycles. The molecule has 0 fully saturated rings. The molecule has 0 radical (unpaired) electrons. The van der Waals surface area contributed by atoms with Gasteiger partial charge in [0.15, 0.2) is 17.3 Å². The van der Waals surface area contributed by atoms with E-state index in [1.165, 1.54) is 0 Å². The lowest BCUT2D eigenvalue weighted by Crippen LogP contribution is -2.20. The van der Waals surface area contributed by atoms with E-state index in [9.17, 15) is 4.79 Å². The summed E-state index contributed by atoms with van der Waals surface area (Å²) in [6, 6.07) is 8.93. The first-order chi connectivity index (χ1) is 15.0. The van der Waals surface area contributed by atoms with Crippen molar-refractivity contribution in [2.24, 2.45) is 14.1 Å². The van der Waals surface area contributed by atoms with Gasteiger partial charge >= 0.3 is 0 Å². The van der Waals surface area contributed by atoms with Gasteiger partial charge in [0.1, 0.15) is 11.2 Å². The molecule has 10 heteroatoms. The monoisotopic (exact) mass is 439 g/mol. The molecule has 0 aliphatic carbocycles. The van der Waals surface area contributed by atoms with Crippen molar-refractivity contribution in [1.29, 1.82) is 0 Å². The summed E-state index contributed by atoms with van der Waals surface area (Å²) in [7, 11) is 3.51. The van der Waals surface area contributed by atoms with Crippen LogP contribution < -0.4 is 14.5 Å². The summed E-state index contributed by atoms with van der Waals surface area (Å²) in [5.41, 5.74) is 2.23. The lowest BCUT2D eigenvalue weighted by molar-refractivity contribution is 0.369. The molecule has 0 saturated carbocycles. The summed E-state index contributed by atoms with van der Waals surface area (Å²) in [5, 5.41) is 0. The Labute approximate surface area is 183 Å². The van der Waals surface area contributed by atoms with Gasteiger partial charge < -0.3 is 18.1 Å². The molecule has 0 aliphatic rings. The number of ether oxygens (including phenoxy) is 1. The van der Waals surface area contributed by atoms with Crippen LogP contribution in [0.15, 0.2) is 47.5 Å². The van der Waals surface area contributed by atoms with E-state index < -0.39 is 0 Å². The number of pyridine rings is 3. The summed E-state index contributed by atoms with van der Waals surface area (Å²) in [5.74, 6) is 1.76. The van der Waals surface area contributed by atoms with Crippen molar-refractivity contribution in [3.63, 3.8) is 0 Å². The Balaban J connectivity index is 1.80. The molecule has 0 amide bonds. The predicted octanol–water partition coefficient (Wildman–Crippen LogP) is 3.81. The number of imidazole rings is 1. The normalized spacial score (nSPS) is 11.1. The number of hydrogen-bond acceptors (Lipinski definition) is 8. The van der Waals surface area contributed by atoms with Crippen molar-refractivity contribution in [3.8, 4) is 28.9 Å². The fraction of sp³-hybridized carbons (Fsp3) is 0.238. The molecule has 0 aliphatic heterocycles. The minimum Gasteiger partial charge on any atom is -0.437 e. The van der Waals surface area contributed by atoms with Gasteiger partial charge in [-0.05, 0) is 26.0 Å². The maximum absolute atomic E-state index is 12.8. The number of aromatic nitrogens is 5. The molecule has 31 heavy (non-hydrogen) atoms. The largest absolute Gasteiger partial charge is 0.437 e. The first kappa shape index (κ1) is 20.9. The summed E-state index contributed by atoms with van der Waals surface area (Å²) >= 11 is 0.837. The van der Waals surface area contributed by atoms with Crippen molar-refractivity contribution in [2.45, 2.75) is 13.8 Å². The lowest BCUT2D eigenvalue weighted by Gasteiger charge is -2.11. The highest BCUT2D eigenvalue weighted by Crippen LogP contribution is 2.35. The van der Waals surface area contributed by atoms with Crippen LogP contribution in [-0.4, -0.2) is 30.7 Å². The van der Waals surface area contributed by atoms with E-state index in [4.69, 9.17) is 13.1 Å². The Bertz CT molecular complexity index is 1290. The van der Waals surface area contributed by atoms with Crippen LogP contribution in [0.2, 0.25) is 0 Å². The summed E-state index contributed by atoms with van der Waals surface area (Å²) < 4.78 is 20.1. The SMILES string of the molecule is CCOSOc1cc(Oc2ccccn2)cnc1-c1nc2cc(C)n(C)c(=O)c2n1C. The minimum absolute atomic E-state index is 0.127. The number of aryl methyl sites for hydroxylation is 2. The van der Waals surface area contributed by atoms with Gasteiger partial charge in [-0.3, -0.25) is 8.98 Å². The van der Waals surface area contributed by atoms with Crippen LogP contribution in [0.1, 0.15) is 12.6 Å².